The van der Waals surface area contributed by atoms with E-state index in [0.717, 1.165) is 12.1 Å². The molecule has 1 aliphatic heterocycles. The van der Waals surface area contributed by atoms with Crippen LogP contribution in [0.3, 0.4) is 0 Å². The number of anilines is 2. The first-order valence-corrected chi connectivity index (χ1v) is 13.5. The van der Waals surface area contributed by atoms with E-state index in [4.69, 9.17) is 21.9 Å². The van der Waals surface area contributed by atoms with Crippen LogP contribution in [0.1, 0.15) is 12.8 Å². The van der Waals surface area contributed by atoms with E-state index < -0.39 is 41.7 Å². The van der Waals surface area contributed by atoms with Crippen molar-refractivity contribution >= 4 is 49.1 Å². The summed E-state index contributed by atoms with van der Waals surface area (Å²) in [6.07, 6.45) is 5.43. The van der Waals surface area contributed by atoms with Crippen molar-refractivity contribution in [3.05, 3.63) is 42.2 Å². The first-order valence-electron chi connectivity index (χ1n) is 10.1. The number of hydrogen-bond donors (Lipinski definition) is 3. The number of sulfonamides is 2. The number of nitrogens with one attached hydrogen (secondary N) is 1. The van der Waals surface area contributed by atoms with Crippen LogP contribution in [0.4, 0.5) is 11.5 Å². The Morgan fingerprint density at radius 1 is 1.03 bits per heavy atom. The number of rotatable bonds is 6. The Morgan fingerprint density at radius 2 is 1.74 bits per heavy atom. The standard InChI is InChI=1S/C18H20ClN9O5S2/c19-12-4-13(15(35(21,32)33)5-14(12)34(20,30)31)26-18(29)11-2-1-3-27(7-11)16-6-17(24-9-23-16)28-10-22-8-25-28/h4-6,8-11H,1-3,7H2,(H,26,29)(H2,20,30,31)(H2,21,32,33). The molecule has 1 fully saturated rings. The number of benzene rings is 1. The average molecular weight is 542 g/mol. The van der Waals surface area contributed by atoms with Crippen molar-refractivity contribution in [3.63, 3.8) is 0 Å². The lowest BCUT2D eigenvalue weighted by atomic mass is 9.97. The van der Waals surface area contributed by atoms with E-state index in [9.17, 15) is 21.6 Å². The van der Waals surface area contributed by atoms with Crippen LogP contribution in [-0.4, -0.2) is 60.6 Å². The highest BCUT2D eigenvalue weighted by Gasteiger charge is 2.29. The van der Waals surface area contributed by atoms with E-state index >= 15 is 0 Å². The molecule has 186 valence electrons. The van der Waals surface area contributed by atoms with E-state index in [1.54, 1.807) is 6.07 Å². The normalized spacial score (nSPS) is 16.8. The van der Waals surface area contributed by atoms with Crippen molar-refractivity contribution in [3.8, 4) is 5.82 Å². The molecule has 0 aliphatic carbocycles. The van der Waals surface area contributed by atoms with Crippen molar-refractivity contribution in [2.75, 3.05) is 23.3 Å². The summed E-state index contributed by atoms with van der Waals surface area (Å²) < 4.78 is 49.1. The number of carbonyl (C=O) groups is 1. The Morgan fingerprint density at radius 3 is 2.40 bits per heavy atom. The van der Waals surface area contributed by atoms with E-state index in [1.807, 2.05) is 4.90 Å². The summed E-state index contributed by atoms with van der Waals surface area (Å²) in [5, 5.41) is 16.5. The van der Waals surface area contributed by atoms with Crippen LogP contribution in [0.2, 0.25) is 5.02 Å². The molecular weight excluding hydrogens is 522 g/mol. The Kier molecular flexibility index (Phi) is 6.74. The zero-order valence-corrected chi connectivity index (χ0v) is 20.3. The van der Waals surface area contributed by atoms with E-state index in [0.29, 0.717) is 31.0 Å². The summed E-state index contributed by atoms with van der Waals surface area (Å²) in [5.74, 6) is 0.0402. The van der Waals surface area contributed by atoms with Crippen molar-refractivity contribution in [2.45, 2.75) is 22.6 Å². The van der Waals surface area contributed by atoms with Gasteiger partial charge in [0.1, 0.15) is 34.6 Å². The van der Waals surface area contributed by atoms with Crippen molar-refractivity contribution in [1.29, 1.82) is 0 Å². The monoisotopic (exact) mass is 541 g/mol. The van der Waals surface area contributed by atoms with Crippen LogP contribution >= 0.6 is 11.6 Å². The molecule has 35 heavy (non-hydrogen) atoms. The number of piperidine rings is 1. The zero-order valence-electron chi connectivity index (χ0n) is 17.9. The minimum Gasteiger partial charge on any atom is -0.356 e. The molecule has 17 heteroatoms. The Bertz CT molecular complexity index is 1480. The fourth-order valence-electron chi connectivity index (χ4n) is 3.68. The van der Waals surface area contributed by atoms with Gasteiger partial charge in [-0.05, 0) is 25.0 Å². The maximum absolute atomic E-state index is 13.1. The summed E-state index contributed by atoms with van der Waals surface area (Å²) in [6.45, 7) is 0.919. The number of aromatic nitrogens is 5. The molecule has 5 N–H and O–H groups in total. The summed E-state index contributed by atoms with van der Waals surface area (Å²) in [4.78, 5) is 26.0. The summed E-state index contributed by atoms with van der Waals surface area (Å²) >= 11 is 5.99. The highest BCUT2D eigenvalue weighted by molar-refractivity contribution is 7.90. The quantitative estimate of drug-likeness (QED) is 0.376. The van der Waals surface area contributed by atoms with Gasteiger partial charge in [-0.1, -0.05) is 11.6 Å². The van der Waals surface area contributed by atoms with Crippen molar-refractivity contribution in [2.24, 2.45) is 16.2 Å². The fourth-order valence-corrected chi connectivity index (χ4v) is 5.55. The first kappa shape index (κ1) is 24.9. The van der Waals surface area contributed by atoms with Gasteiger partial charge in [0, 0.05) is 19.2 Å². The third kappa shape index (κ3) is 5.57. The summed E-state index contributed by atoms with van der Waals surface area (Å²) in [5.41, 5.74) is -0.248. The maximum atomic E-state index is 13.1. The number of halogens is 1. The van der Waals surface area contributed by atoms with E-state index in [1.165, 1.54) is 23.7 Å². The molecule has 1 atom stereocenters. The average Bonchev–Trinajstić information content (AvgIpc) is 3.33. The number of nitrogens with zero attached hydrogens (tertiary/aromatic N) is 6. The van der Waals surface area contributed by atoms with Gasteiger partial charge in [0.25, 0.3) is 0 Å². The number of hydrogen-bond acceptors (Lipinski definition) is 10. The molecule has 14 nitrogen and oxygen atoms in total. The molecule has 1 amide bonds. The smallest absolute Gasteiger partial charge is 0.240 e. The molecule has 1 saturated heterocycles. The molecule has 3 aromatic rings. The third-order valence-electron chi connectivity index (χ3n) is 5.31. The molecule has 0 radical (unpaired) electrons. The summed E-state index contributed by atoms with van der Waals surface area (Å²) in [6, 6.07) is 3.43. The highest BCUT2D eigenvalue weighted by atomic mass is 35.5. The maximum Gasteiger partial charge on any atom is 0.240 e. The number of primary sulfonamides is 2. The Hall–Kier alpha value is -3.18. The molecule has 1 aromatic carbocycles. The zero-order chi connectivity index (χ0) is 25.4. The lowest BCUT2D eigenvalue weighted by Gasteiger charge is -2.33. The largest absolute Gasteiger partial charge is 0.356 e. The third-order valence-corrected chi connectivity index (χ3v) is 7.64. The van der Waals surface area contributed by atoms with Gasteiger partial charge in [0.2, 0.25) is 26.0 Å². The topological polar surface area (TPSA) is 209 Å². The van der Waals surface area contributed by atoms with Crippen LogP contribution < -0.4 is 20.5 Å². The number of amides is 1. The number of carbonyl (C=O) groups excluding carboxylic acids is 1. The van der Waals surface area contributed by atoms with Gasteiger partial charge in [-0.25, -0.2) is 46.7 Å². The van der Waals surface area contributed by atoms with Crippen molar-refractivity contribution in [1.82, 2.24) is 24.7 Å². The van der Waals surface area contributed by atoms with Crippen LogP contribution in [0.25, 0.3) is 5.82 Å². The van der Waals surface area contributed by atoms with Crippen LogP contribution in [0, 0.1) is 5.92 Å². The fraction of sp³-hybridized carbons (Fsp3) is 0.278. The second kappa shape index (κ2) is 9.46. The lowest BCUT2D eigenvalue weighted by molar-refractivity contribution is -0.120. The molecule has 0 spiro atoms. The molecular formula is C18H20ClN9O5S2. The van der Waals surface area contributed by atoms with Crippen molar-refractivity contribution < 1.29 is 21.6 Å². The first-order chi connectivity index (χ1) is 16.4. The molecule has 1 unspecified atom stereocenters. The van der Waals surface area contributed by atoms with Gasteiger partial charge >= 0.3 is 0 Å². The Balaban J connectivity index is 1.57. The molecule has 3 heterocycles. The number of nitrogens with two attached hydrogens (primary N) is 2. The molecule has 0 bridgehead atoms. The predicted molar refractivity (Wildman–Crippen MR) is 125 cm³/mol. The van der Waals surface area contributed by atoms with Crippen LogP contribution in [-0.2, 0) is 24.8 Å². The SMILES string of the molecule is NS(=O)(=O)c1cc(S(N)(=O)=O)c(NC(=O)C2CCCN(c3cc(-n4cncn4)ncn3)C2)cc1Cl. The molecule has 0 saturated carbocycles. The van der Waals surface area contributed by atoms with Crippen LogP contribution in [0.5, 0.6) is 0 Å². The molecule has 1 aliphatic rings. The minimum atomic E-state index is -4.42. The van der Waals surface area contributed by atoms with Gasteiger partial charge in [-0.2, -0.15) is 5.10 Å². The Labute approximate surface area is 205 Å². The second-order valence-corrected chi connectivity index (χ2v) is 11.2. The molecule has 4 rings (SSSR count). The van der Waals surface area contributed by atoms with Gasteiger partial charge in [0.15, 0.2) is 5.82 Å². The molecule has 2 aromatic heterocycles. The van der Waals surface area contributed by atoms with Gasteiger partial charge in [-0.15, -0.1) is 0 Å². The van der Waals surface area contributed by atoms with E-state index in [2.05, 4.69) is 25.4 Å². The lowest BCUT2D eigenvalue weighted by Crippen LogP contribution is -2.41. The second-order valence-electron chi connectivity index (χ2n) is 7.72. The van der Waals surface area contributed by atoms with Gasteiger partial charge < -0.3 is 10.2 Å². The van der Waals surface area contributed by atoms with Gasteiger partial charge in [-0.3, -0.25) is 4.79 Å². The van der Waals surface area contributed by atoms with Crippen LogP contribution in [0.15, 0.2) is 47.0 Å². The van der Waals surface area contributed by atoms with Gasteiger partial charge in [0.05, 0.1) is 16.6 Å². The summed E-state index contributed by atoms with van der Waals surface area (Å²) in [7, 11) is -8.76. The van der Waals surface area contributed by atoms with E-state index in [-0.39, 0.29) is 17.3 Å². The predicted octanol–water partition coefficient (Wildman–Crippen LogP) is -0.139. The minimum absolute atomic E-state index is 0.248. The highest BCUT2D eigenvalue weighted by Crippen LogP contribution is 2.32.